The summed E-state index contributed by atoms with van der Waals surface area (Å²) in [6.07, 6.45) is 8.20. The fourth-order valence-electron chi connectivity index (χ4n) is 8.81. The molecule has 4 aliphatic rings. The second-order valence-corrected chi connectivity index (χ2v) is 13.5. The van der Waals surface area contributed by atoms with Gasteiger partial charge in [0.25, 0.3) is 0 Å². The molecule has 1 heterocycles. The molecule has 2 aromatic rings. The highest BCUT2D eigenvalue weighted by Crippen LogP contribution is 2.69. The summed E-state index contributed by atoms with van der Waals surface area (Å²) in [6.45, 7) is 4.07. The SMILES string of the molecule is C[C@]12CC(=CN)C(=Nc3ccc(F)cc3)C=C1CC[C@@H]1C2C(O)C[C@@]2(C)C1CC[C@]2(OC(=O)c1cocn1)C(=O)SCF. The van der Waals surface area contributed by atoms with Crippen molar-refractivity contribution in [3.05, 3.63) is 71.9 Å². The molecule has 3 unspecified atom stereocenters. The van der Waals surface area contributed by atoms with Gasteiger partial charge in [0, 0.05) is 5.41 Å². The zero-order valence-corrected chi connectivity index (χ0v) is 24.9. The molecule has 0 radical (unpaired) electrons. The predicted molar refractivity (Wildman–Crippen MR) is 157 cm³/mol. The van der Waals surface area contributed by atoms with E-state index in [0.717, 1.165) is 36.8 Å². The number of thioether (sulfide) groups is 1. The number of alkyl halides is 1. The largest absolute Gasteiger partial charge is 0.451 e. The van der Waals surface area contributed by atoms with Gasteiger partial charge in [-0.2, -0.15) is 0 Å². The Morgan fingerprint density at radius 3 is 2.72 bits per heavy atom. The van der Waals surface area contributed by atoms with Crippen LogP contribution in [0, 0.1) is 34.4 Å². The van der Waals surface area contributed by atoms with Crippen LogP contribution in [-0.2, 0) is 9.53 Å². The van der Waals surface area contributed by atoms with Gasteiger partial charge in [-0.05, 0) is 116 Å². The summed E-state index contributed by atoms with van der Waals surface area (Å²) in [5, 5.41) is 11.4. The molecule has 0 bridgehead atoms. The third-order valence-electron chi connectivity index (χ3n) is 10.7. The molecule has 1 aromatic carbocycles. The monoisotopic (exact) mass is 611 g/mol. The van der Waals surface area contributed by atoms with Gasteiger partial charge < -0.3 is 20.0 Å². The lowest BCUT2D eigenvalue weighted by Crippen LogP contribution is -2.62. The highest BCUT2D eigenvalue weighted by atomic mass is 32.2. The number of aliphatic imine (C=N–C) groups is 1. The standard InChI is InChI=1S/C32H35F2N3O5S/c1-30-12-18(14-35)24(37-21-6-4-20(34)5-7-21)11-19(30)3-8-22-23-9-10-32(29(40)43-16-33,31(23,2)13-26(38)27(22)30)42-28(39)25-15-41-17-36-25/h4-7,11,14-15,17,22-23,26-27,38H,3,8-10,12-13,16,35H2,1-2H3/t22-,23?,26?,27?,30-,31-,32-/m0/s1. The van der Waals surface area contributed by atoms with E-state index in [-0.39, 0.29) is 42.1 Å². The first kappa shape index (κ1) is 29.7. The van der Waals surface area contributed by atoms with Gasteiger partial charge in [-0.15, -0.1) is 0 Å². The molecule has 6 rings (SSSR count). The molecular formula is C32H35F2N3O5S. The summed E-state index contributed by atoms with van der Waals surface area (Å²) in [7, 11) is 0. The van der Waals surface area contributed by atoms with E-state index in [1.165, 1.54) is 17.7 Å². The van der Waals surface area contributed by atoms with Crippen molar-refractivity contribution in [2.24, 2.45) is 39.3 Å². The Hall–Kier alpha value is -3.31. The molecule has 8 nitrogen and oxygen atoms in total. The van der Waals surface area contributed by atoms with Crippen molar-refractivity contribution in [2.45, 2.75) is 64.1 Å². The number of ether oxygens (including phenoxy) is 1. The molecule has 0 amide bonds. The summed E-state index contributed by atoms with van der Waals surface area (Å²) in [5.41, 5.74) is 6.46. The van der Waals surface area contributed by atoms with Crippen LogP contribution in [0.15, 0.2) is 69.8 Å². The average Bonchev–Trinajstić information content (AvgIpc) is 3.61. The lowest BCUT2D eigenvalue weighted by Gasteiger charge is -2.60. The fraction of sp³-hybridized carbons (Fsp3) is 0.500. The molecule has 43 heavy (non-hydrogen) atoms. The molecule has 0 saturated heterocycles. The number of allylic oxidation sites excluding steroid dienone is 3. The number of benzene rings is 1. The molecule has 1 aromatic heterocycles. The van der Waals surface area contributed by atoms with Gasteiger partial charge in [0.15, 0.2) is 17.7 Å². The van der Waals surface area contributed by atoms with Gasteiger partial charge in [-0.25, -0.2) is 23.6 Å². The molecule has 3 saturated carbocycles. The third kappa shape index (κ3) is 4.66. The molecule has 7 atom stereocenters. The molecule has 0 spiro atoms. The number of hydrogen-bond donors (Lipinski definition) is 2. The van der Waals surface area contributed by atoms with Gasteiger partial charge >= 0.3 is 5.97 Å². The second kappa shape index (κ2) is 11.0. The number of nitrogens with zero attached hydrogens (tertiary/aromatic N) is 2. The van der Waals surface area contributed by atoms with Crippen molar-refractivity contribution in [3.63, 3.8) is 0 Å². The van der Waals surface area contributed by atoms with Crippen LogP contribution in [0.2, 0.25) is 0 Å². The topological polar surface area (TPSA) is 128 Å². The van der Waals surface area contributed by atoms with Crippen molar-refractivity contribution in [1.82, 2.24) is 4.98 Å². The lowest BCUT2D eigenvalue weighted by molar-refractivity contribution is -0.174. The summed E-state index contributed by atoms with van der Waals surface area (Å²) < 4.78 is 38.0. The summed E-state index contributed by atoms with van der Waals surface area (Å²) in [5.74, 6) is -1.30. The van der Waals surface area contributed by atoms with Crippen molar-refractivity contribution in [2.75, 3.05) is 6.01 Å². The normalized spacial score (nSPS) is 36.9. The Morgan fingerprint density at radius 1 is 1.28 bits per heavy atom. The van der Waals surface area contributed by atoms with Crippen molar-refractivity contribution < 1.29 is 32.6 Å². The quantitative estimate of drug-likeness (QED) is 0.391. The van der Waals surface area contributed by atoms with Crippen LogP contribution in [0.4, 0.5) is 14.5 Å². The maximum Gasteiger partial charge on any atom is 0.361 e. The van der Waals surface area contributed by atoms with E-state index in [4.69, 9.17) is 19.9 Å². The first-order valence-electron chi connectivity index (χ1n) is 14.6. The first-order valence-corrected chi connectivity index (χ1v) is 15.5. The number of carbonyl (C=O) groups excluding carboxylic acids is 2. The number of carbonyl (C=O) groups is 2. The fourth-order valence-corrected chi connectivity index (χ4v) is 9.52. The number of aromatic nitrogens is 1. The molecule has 11 heteroatoms. The smallest absolute Gasteiger partial charge is 0.361 e. The predicted octanol–water partition coefficient (Wildman–Crippen LogP) is 6.05. The average molecular weight is 612 g/mol. The first-order chi connectivity index (χ1) is 20.6. The molecule has 4 aliphatic carbocycles. The van der Waals surface area contributed by atoms with Gasteiger partial charge in [0.05, 0.1) is 17.5 Å². The van der Waals surface area contributed by atoms with Crippen LogP contribution in [0.1, 0.15) is 62.9 Å². The molecule has 0 aliphatic heterocycles. The number of halogens is 2. The lowest BCUT2D eigenvalue weighted by atomic mass is 9.45. The van der Waals surface area contributed by atoms with Gasteiger partial charge in [-0.1, -0.05) is 19.4 Å². The number of rotatable bonds is 5. The zero-order chi connectivity index (χ0) is 30.6. The minimum absolute atomic E-state index is 0.0290. The highest BCUT2D eigenvalue weighted by Gasteiger charge is 2.70. The van der Waals surface area contributed by atoms with Crippen LogP contribution in [0.3, 0.4) is 0 Å². The Bertz CT molecular complexity index is 1510. The van der Waals surface area contributed by atoms with E-state index in [1.54, 1.807) is 18.3 Å². The van der Waals surface area contributed by atoms with E-state index >= 15 is 0 Å². The van der Waals surface area contributed by atoms with Gasteiger partial charge in [0.2, 0.25) is 5.12 Å². The highest BCUT2D eigenvalue weighted by molar-refractivity contribution is 8.13. The molecule has 228 valence electrons. The molecular weight excluding hydrogens is 576 g/mol. The number of aliphatic hydroxyl groups is 1. The van der Waals surface area contributed by atoms with Crippen molar-refractivity contribution in [1.29, 1.82) is 0 Å². The Kier molecular flexibility index (Phi) is 7.61. The van der Waals surface area contributed by atoms with E-state index in [9.17, 15) is 23.5 Å². The summed E-state index contributed by atoms with van der Waals surface area (Å²) in [6, 6.07) is 5.03. The Morgan fingerprint density at radius 2 is 2.05 bits per heavy atom. The number of esters is 1. The summed E-state index contributed by atoms with van der Waals surface area (Å²) in [4.78, 5) is 35.4. The molecule has 3 N–H and O–H groups in total. The zero-order valence-electron chi connectivity index (χ0n) is 24.1. The Balaban J connectivity index is 1.35. The van der Waals surface area contributed by atoms with Crippen LogP contribution in [0.25, 0.3) is 0 Å². The Labute approximate surface area is 252 Å². The van der Waals surface area contributed by atoms with Gasteiger partial charge in [-0.3, -0.25) is 4.79 Å². The summed E-state index contributed by atoms with van der Waals surface area (Å²) >= 11 is 0.501. The van der Waals surface area contributed by atoms with Crippen LogP contribution in [-0.4, -0.2) is 44.6 Å². The van der Waals surface area contributed by atoms with Gasteiger partial charge in [0.1, 0.15) is 18.1 Å². The van der Waals surface area contributed by atoms with Crippen LogP contribution in [0.5, 0.6) is 0 Å². The number of hydrogen-bond acceptors (Lipinski definition) is 9. The second-order valence-electron chi connectivity index (χ2n) is 12.6. The number of aliphatic hydroxyl groups excluding tert-OH is 1. The maximum atomic E-state index is 13.6. The van der Waals surface area contributed by atoms with E-state index in [1.807, 2.05) is 6.92 Å². The van der Waals surface area contributed by atoms with E-state index in [0.29, 0.717) is 30.3 Å². The van der Waals surface area contributed by atoms with Crippen LogP contribution >= 0.6 is 11.8 Å². The maximum absolute atomic E-state index is 13.6. The van der Waals surface area contributed by atoms with E-state index in [2.05, 4.69) is 18.0 Å². The third-order valence-corrected chi connectivity index (χ3v) is 11.4. The number of fused-ring (bicyclic) bond motifs is 5. The minimum Gasteiger partial charge on any atom is -0.451 e. The minimum atomic E-state index is -1.61. The number of oxazole rings is 1. The number of nitrogens with two attached hydrogens (primary N) is 1. The molecule has 3 fully saturated rings. The van der Waals surface area contributed by atoms with E-state index < -0.39 is 39.6 Å². The van der Waals surface area contributed by atoms with Crippen LogP contribution < -0.4 is 5.73 Å². The van der Waals surface area contributed by atoms with Crippen molar-refractivity contribution in [3.8, 4) is 0 Å². The van der Waals surface area contributed by atoms with Crippen molar-refractivity contribution >= 4 is 34.2 Å².